The Kier molecular flexibility index (Phi) is 3.25. The van der Waals surface area contributed by atoms with Gasteiger partial charge in [0.2, 0.25) is 0 Å². The summed E-state index contributed by atoms with van der Waals surface area (Å²) in [4.78, 5) is 11.5. The molecule has 3 heteroatoms. The summed E-state index contributed by atoms with van der Waals surface area (Å²) in [5, 5.41) is 12.3. The van der Waals surface area contributed by atoms with Gasteiger partial charge in [0.1, 0.15) is 5.60 Å². The molecule has 0 aromatic heterocycles. The number of benzene rings is 1. The highest BCUT2D eigenvalue weighted by Gasteiger charge is 2.27. The van der Waals surface area contributed by atoms with Crippen molar-refractivity contribution < 1.29 is 9.90 Å². The molecule has 14 heavy (non-hydrogen) atoms. The summed E-state index contributed by atoms with van der Waals surface area (Å²) in [6.45, 7) is 3.27. The highest BCUT2D eigenvalue weighted by atomic mass is 16.3. The largest absolute Gasteiger partial charge is 0.380 e. The molecule has 0 unspecified atom stereocenters. The standard InChI is InChI=1S/C11H15NO2/c1-3-11(2,14)10(13)12-9-7-5-4-6-8-9/h4-8,14H,3H2,1-2H3,(H,12,13)/t11-/m1/s1. The van der Waals surface area contributed by atoms with E-state index in [0.717, 1.165) is 0 Å². The van der Waals surface area contributed by atoms with E-state index in [9.17, 15) is 9.90 Å². The molecule has 0 spiro atoms. The third kappa shape index (κ3) is 2.57. The summed E-state index contributed by atoms with van der Waals surface area (Å²) in [7, 11) is 0. The zero-order chi connectivity index (χ0) is 10.6. The summed E-state index contributed by atoms with van der Waals surface area (Å²) in [5.74, 6) is -0.369. The fraction of sp³-hybridized carbons (Fsp3) is 0.364. The number of aliphatic hydroxyl groups is 1. The van der Waals surface area contributed by atoms with E-state index < -0.39 is 5.60 Å². The van der Waals surface area contributed by atoms with Crippen LogP contribution in [0.1, 0.15) is 20.3 Å². The van der Waals surface area contributed by atoms with Crippen molar-refractivity contribution in [1.29, 1.82) is 0 Å². The van der Waals surface area contributed by atoms with Crippen molar-refractivity contribution >= 4 is 11.6 Å². The first kappa shape index (κ1) is 10.7. The van der Waals surface area contributed by atoms with Crippen molar-refractivity contribution in [3.8, 4) is 0 Å². The number of hydrogen-bond acceptors (Lipinski definition) is 2. The third-order valence-electron chi connectivity index (χ3n) is 2.21. The van der Waals surface area contributed by atoms with Gasteiger partial charge < -0.3 is 10.4 Å². The van der Waals surface area contributed by atoms with Gasteiger partial charge in [0, 0.05) is 5.69 Å². The SMILES string of the molecule is CC[C@@](C)(O)C(=O)Nc1ccccc1. The molecule has 1 amide bonds. The maximum atomic E-state index is 11.5. The maximum absolute atomic E-state index is 11.5. The minimum atomic E-state index is -1.30. The van der Waals surface area contributed by atoms with Gasteiger partial charge >= 0.3 is 0 Å². The van der Waals surface area contributed by atoms with Gasteiger partial charge in [-0.25, -0.2) is 0 Å². The second-order valence-corrected chi connectivity index (χ2v) is 3.45. The molecule has 0 saturated heterocycles. The zero-order valence-electron chi connectivity index (χ0n) is 8.45. The summed E-state index contributed by atoms with van der Waals surface area (Å²) >= 11 is 0. The molecule has 3 nitrogen and oxygen atoms in total. The molecule has 0 saturated carbocycles. The van der Waals surface area contributed by atoms with E-state index in [1.807, 2.05) is 18.2 Å². The molecule has 0 aliphatic rings. The molecule has 1 aromatic carbocycles. The number of para-hydroxylation sites is 1. The van der Waals surface area contributed by atoms with Crippen LogP contribution in [-0.4, -0.2) is 16.6 Å². The fourth-order valence-corrected chi connectivity index (χ4v) is 0.948. The van der Waals surface area contributed by atoms with Gasteiger partial charge in [-0.2, -0.15) is 0 Å². The lowest BCUT2D eigenvalue weighted by molar-refractivity contribution is -0.132. The Hall–Kier alpha value is -1.35. The highest BCUT2D eigenvalue weighted by molar-refractivity contribution is 5.96. The first-order valence-electron chi connectivity index (χ1n) is 4.65. The van der Waals surface area contributed by atoms with Gasteiger partial charge in [-0.1, -0.05) is 25.1 Å². The number of hydrogen-bond donors (Lipinski definition) is 2. The topological polar surface area (TPSA) is 49.3 Å². The Morgan fingerprint density at radius 3 is 2.50 bits per heavy atom. The average Bonchev–Trinajstić information content (AvgIpc) is 2.19. The van der Waals surface area contributed by atoms with Crippen molar-refractivity contribution in [3.63, 3.8) is 0 Å². The lowest BCUT2D eigenvalue weighted by atomic mass is 10.0. The highest BCUT2D eigenvalue weighted by Crippen LogP contribution is 2.13. The third-order valence-corrected chi connectivity index (χ3v) is 2.21. The first-order valence-corrected chi connectivity index (χ1v) is 4.65. The van der Waals surface area contributed by atoms with Crippen LogP contribution in [0.4, 0.5) is 5.69 Å². The lowest BCUT2D eigenvalue weighted by Gasteiger charge is -2.20. The van der Waals surface area contributed by atoms with Crippen LogP contribution in [-0.2, 0) is 4.79 Å². The quantitative estimate of drug-likeness (QED) is 0.768. The molecule has 0 aliphatic heterocycles. The van der Waals surface area contributed by atoms with Crippen molar-refractivity contribution in [2.75, 3.05) is 5.32 Å². The zero-order valence-corrected chi connectivity index (χ0v) is 8.45. The van der Waals surface area contributed by atoms with Gasteiger partial charge in [-0.05, 0) is 25.5 Å². The number of carbonyl (C=O) groups excluding carboxylic acids is 1. The molecule has 0 heterocycles. The molecule has 0 fully saturated rings. The van der Waals surface area contributed by atoms with Crippen LogP contribution in [0.25, 0.3) is 0 Å². The number of carbonyl (C=O) groups is 1. The first-order chi connectivity index (χ1) is 6.56. The molecular weight excluding hydrogens is 178 g/mol. The van der Waals surface area contributed by atoms with Crippen LogP contribution in [0.3, 0.4) is 0 Å². The molecule has 0 aliphatic carbocycles. The summed E-state index contributed by atoms with van der Waals surface area (Å²) in [6.07, 6.45) is 0.395. The van der Waals surface area contributed by atoms with E-state index in [1.165, 1.54) is 6.92 Å². The molecular formula is C11H15NO2. The van der Waals surface area contributed by atoms with Crippen LogP contribution in [0.15, 0.2) is 30.3 Å². The smallest absolute Gasteiger partial charge is 0.256 e. The van der Waals surface area contributed by atoms with Crippen molar-refractivity contribution in [2.45, 2.75) is 25.9 Å². The molecule has 1 aromatic rings. The Labute approximate surface area is 83.8 Å². The van der Waals surface area contributed by atoms with Crippen LogP contribution in [0.2, 0.25) is 0 Å². The molecule has 0 bridgehead atoms. The number of amides is 1. The lowest BCUT2D eigenvalue weighted by Crippen LogP contribution is -2.39. The predicted octanol–water partition coefficient (Wildman–Crippen LogP) is 1.79. The number of anilines is 1. The van der Waals surface area contributed by atoms with E-state index in [1.54, 1.807) is 19.1 Å². The number of rotatable bonds is 3. The van der Waals surface area contributed by atoms with Crippen molar-refractivity contribution in [2.24, 2.45) is 0 Å². The predicted molar refractivity (Wildman–Crippen MR) is 56.0 cm³/mol. The van der Waals surface area contributed by atoms with E-state index in [4.69, 9.17) is 0 Å². The Bertz CT molecular complexity index is 306. The monoisotopic (exact) mass is 193 g/mol. The van der Waals surface area contributed by atoms with Crippen LogP contribution >= 0.6 is 0 Å². The minimum absolute atomic E-state index is 0.369. The molecule has 2 N–H and O–H groups in total. The summed E-state index contributed by atoms with van der Waals surface area (Å²) in [5.41, 5.74) is -0.596. The summed E-state index contributed by atoms with van der Waals surface area (Å²) in [6, 6.07) is 9.09. The van der Waals surface area contributed by atoms with Crippen molar-refractivity contribution in [3.05, 3.63) is 30.3 Å². The Balaban J connectivity index is 2.67. The molecule has 0 radical (unpaired) electrons. The van der Waals surface area contributed by atoms with E-state index in [-0.39, 0.29) is 5.91 Å². The van der Waals surface area contributed by atoms with Gasteiger partial charge in [0.05, 0.1) is 0 Å². The van der Waals surface area contributed by atoms with E-state index in [0.29, 0.717) is 12.1 Å². The van der Waals surface area contributed by atoms with E-state index in [2.05, 4.69) is 5.32 Å². The second kappa shape index (κ2) is 4.24. The fourth-order valence-electron chi connectivity index (χ4n) is 0.948. The van der Waals surface area contributed by atoms with Crippen LogP contribution in [0.5, 0.6) is 0 Å². The second-order valence-electron chi connectivity index (χ2n) is 3.45. The van der Waals surface area contributed by atoms with Crippen LogP contribution < -0.4 is 5.32 Å². The number of nitrogens with one attached hydrogen (secondary N) is 1. The minimum Gasteiger partial charge on any atom is -0.380 e. The van der Waals surface area contributed by atoms with Gasteiger partial charge in [-0.15, -0.1) is 0 Å². The van der Waals surface area contributed by atoms with Crippen molar-refractivity contribution in [1.82, 2.24) is 0 Å². The van der Waals surface area contributed by atoms with Gasteiger partial charge in [0.15, 0.2) is 0 Å². The maximum Gasteiger partial charge on any atom is 0.256 e. The van der Waals surface area contributed by atoms with Gasteiger partial charge in [-0.3, -0.25) is 4.79 Å². The molecule has 76 valence electrons. The average molecular weight is 193 g/mol. The summed E-state index contributed by atoms with van der Waals surface area (Å²) < 4.78 is 0. The molecule has 1 rings (SSSR count). The van der Waals surface area contributed by atoms with Gasteiger partial charge in [0.25, 0.3) is 5.91 Å². The normalized spacial score (nSPS) is 14.5. The van der Waals surface area contributed by atoms with Crippen LogP contribution in [0, 0.1) is 0 Å². The Morgan fingerprint density at radius 1 is 1.43 bits per heavy atom. The Morgan fingerprint density at radius 2 is 2.00 bits per heavy atom. The van der Waals surface area contributed by atoms with E-state index >= 15 is 0 Å². The molecule has 1 atom stereocenters.